The summed E-state index contributed by atoms with van der Waals surface area (Å²) in [5, 5.41) is 0. The predicted molar refractivity (Wildman–Crippen MR) is 97.9 cm³/mol. The molecule has 25 heavy (non-hydrogen) atoms. The average molecular weight is 470 g/mol. The Kier molecular flexibility index (Phi) is 4.88. The molecule has 0 aliphatic carbocycles. The van der Waals surface area contributed by atoms with Crippen molar-refractivity contribution in [2.75, 3.05) is 14.2 Å². The van der Waals surface area contributed by atoms with Crippen molar-refractivity contribution in [3.63, 3.8) is 0 Å². The van der Waals surface area contributed by atoms with Gasteiger partial charge in [0.1, 0.15) is 5.75 Å². The second-order valence-electron chi connectivity index (χ2n) is 5.42. The van der Waals surface area contributed by atoms with Gasteiger partial charge < -0.3 is 14.2 Å². The van der Waals surface area contributed by atoms with E-state index < -0.39 is 22.4 Å². The van der Waals surface area contributed by atoms with Crippen LogP contribution in [-0.4, -0.2) is 26.2 Å². The number of carbonyl (C=O) groups is 2. The van der Waals surface area contributed by atoms with E-state index in [0.717, 1.165) is 0 Å². The Morgan fingerprint density at radius 2 is 1.92 bits per heavy atom. The highest BCUT2D eigenvalue weighted by atomic mass is 79.9. The number of esters is 2. The number of rotatable bonds is 3. The zero-order valence-electron chi connectivity index (χ0n) is 13.4. The molecule has 2 unspecified atom stereocenters. The molecule has 0 N–H and O–H groups in total. The monoisotopic (exact) mass is 468 g/mol. The normalized spacial score (nSPS) is 21.9. The zero-order valence-corrected chi connectivity index (χ0v) is 16.6. The molecule has 2 aromatic carbocycles. The lowest BCUT2D eigenvalue weighted by atomic mass is 9.83. The van der Waals surface area contributed by atoms with Gasteiger partial charge in [-0.3, -0.25) is 4.79 Å². The SMILES string of the molecule is COC(=O)C1(Br)c2ccccc2C(=O)OC1c1ccc(OC)cc1Br. The van der Waals surface area contributed by atoms with Gasteiger partial charge in [-0.15, -0.1) is 0 Å². The van der Waals surface area contributed by atoms with Crippen LogP contribution in [0, 0.1) is 0 Å². The summed E-state index contributed by atoms with van der Waals surface area (Å²) in [6.45, 7) is 0. The van der Waals surface area contributed by atoms with Gasteiger partial charge in [0, 0.05) is 10.0 Å². The number of cyclic esters (lactones) is 1. The molecule has 0 aromatic heterocycles. The van der Waals surface area contributed by atoms with Crippen molar-refractivity contribution >= 4 is 43.8 Å². The highest BCUT2D eigenvalue weighted by Gasteiger charge is 2.54. The number of alkyl halides is 1. The minimum absolute atomic E-state index is 0.325. The van der Waals surface area contributed by atoms with Crippen LogP contribution in [0.2, 0.25) is 0 Å². The highest BCUT2D eigenvalue weighted by Crippen LogP contribution is 2.52. The van der Waals surface area contributed by atoms with Gasteiger partial charge in [-0.05, 0) is 23.8 Å². The Morgan fingerprint density at radius 1 is 1.20 bits per heavy atom. The Balaban J connectivity index is 2.22. The van der Waals surface area contributed by atoms with Gasteiger partial charge in [0.05, 0.1) is 19.8 Å². The summed E-state index contributed by atoms with van der Waals surface area (Å²) in [6.07, 6.45) is -0.914. The van der Waals surface area contributed by atoms with Crippen LogP contribution in [0.15, 0.2) is 46.9 Å². The number of methoxy groups -OCH3 is 2. The van der Waals surface area contributed by atoms with Crippen molar-refractivity contribution in [1.82, 2.24) is 0 Å². The fourth-order valence-corrected chi connectivity index (χ4v) is 4.28. The van der Waals surface area contributed by atoms with E-state index in [2.05, 4.69) is 31.9 Å². The summed E-state index contributed by atoms with van der Waals surface area (Å²) in [5.74, 6) is -0.418. The van der Waals surface area contributed by atoms with Gasteiger partial charge in [0.15, 0.2) is 10.4 Å². The van der Waals surface area contributed by atoms with Crippen molar-refractivity contribution < 1.29 is 23.8 Å². The lowest BCUT2D eigenvalue weighted by Gasteiger charge is -2.38. The van der Waals surface area contributed by atoms with Crippen LogP contribution >= 0.6 is 31.9 Å². The maximum atomic E-state index is 12.7. The molecule has 1 aliphatic heterocycles. The first-order chi connectivity index (χ1) is 11.9. The summed E-state index contributed by atoms with van der Waals surface area (Å²) in [7, 11) is 2.85. The first-order valence-corrected chi connectivity index (χ1v) is 8.93. The van der Waals surface area contributed by atoms with Crippen molar-refractivity contribution in [2.24, 2.45) is 0 Å². The lowest BCUT2D eigenvalue weighted by Crippen LogP contribution is -2.44. The molecule has 1 heterocycles. The minimum atomic E-state index is -1.36. The van der Waals surface area contributed by atoms with Gasteiger partial charge in [0.25, 0.3) is 0 Å². The summed E-state index contributed by atoms with van der Waals surface area (Å²) < 4.78 is 15.1. The predicted octanol–water partition coefficient (Wildman–Crippen LogP) is 4.13. The maximum absolute atomic E-state index is 12.7. The van der Waals surface area contributed by atoms with E-state index in [-0.39, 0.29) is 0 Å². The van der Waals surface area contributed by atoms with Gasteiger partial charge in [-0.1, -0.05) is 56.1 Å². The largest absolute Gasteiger partial charge is 0.497 e. The second-order valence-corrected chi connectivity index (χ2v) is 7.53. The van der Waals surface area contributed by atoms with E-state index in [0.29, 0.717) is 26.9 Å². The van der Waals surface area contributed by atoms with Crippen LogP contribution in [0.25, 0.3) is 0 Å². The third kappa shape index (κ3) is 2.85. The van der Waals surface area contributed by atoms with E-state index in [1.807, 2.05) is 0 Å². The average Bonchev–Trinajstić information content (AvgIpc) is 2.64. The molecule has 0 saturated carbocycles. The fourth-order valence-electron chi connectivity index (χ4n) is 2.86. The number of carbonyl (C=O) groups excluding carboxylic acids is 2. The van der Waals surface area contributed by atoms with E-state index in [1.54, 1.807) is 49.6 Å². The Labute approximate surface area is 161 Å². The molecule has 0 saturated heterocycles. The number of halogens is 2. The van der Waals surface area contributed by atoms with Crippen LogP contribution in [0.4, 0.5) is 0 Å². The number of fused-ring (bicyclic) bond motifs is 1. The number of hydrogen-bond acceptors (Lipinski definition) is 5. The smallest absolute Gasteiger partial charge is 0.339 e. The molecule has 2 atom stereocenters. The highest BCUT2D eigenvalue weighted by molar-refractivity contribution is 9.10. The second kappa shape index (κ2) is 6.80. The van der Waals surface area contributed by atoms with Crippen LogP contribution in [-0.2, 0) is 18.6 Å². The molecule has 0 spiro atoms. The lowest BCUT2D eigenvalue weighted by molar-refractivity contribution is -0.147. The standard InChI is InChI=1S/C18H14Br2O5/c1-23-10-7-8-12(14(19)9-10)15-18(20,17(22)24-2)13-6-4-3-5-11(13)16(21)25-15/h3-9,15H,1-2H3. The molecular weight excluding hydrogens is 456 g/mol. The summed E-state index contributed by atoms with van der Waals surface area (Å²) >= 11 is 6.98. The summed E-state index contributed by atoms with van der Waals surface area (Å²) in [6, 6.07) is 12.0. The third-order valence-corrected chi connectivity index (χ3v) is 5.95. The first-order valence-electron chi connectivity index (χ1n) is 7.34. The Bertz CT molecular complexity index is 851. The Hall–Kier alpha value is -1.86. The molecular formula is C18H14Br2O5. The molecule has 130 valence electrons. The number of hydrogen-bond donors (Lipinski definition) is 0. The van der Waals surface area contributed by atoms with E-state index >= 15 is 0 Å². The zero-order chi connectivity index (χ0) is 18.2. The molecule has 1 aliphatic rings. The van der Waals surface area contributed by atoms with Crippen LogP contribution in [0.1, 0.15) is 27.6 Å². The molecule has 7 heteroatoms. The Morgan fingerprint density at radius 3 is 2.56 bits per heavy atom. The topological polar surface area (TPSA) is 61.8 Å². The van der Waals surface area contributed by atoms with Crippen molar-refractivity contribution in [1.29, 1.82) is 0 Å². The number of benzene rings is 2. The molecule has 2 aromatic rings. The summed E-state index contributed by atoms with van der Waals surface area (Å²) in [5.41, 5.74) is 1.45. The molecule has 0 bridgehead atoms. The van der Waals surface area contributed by atoms with E-state index in [1.165, 1.54) is 7.11 Å². The van der Waals surface area contributed by atoms with Crippen LogP contribution in [0.5, 0.6) is 5.75 Å². The van der Waals surface area contributed by atoms with Gasteiger partial charge >= 0.3 is 11.9 Å². The van der Waals surface area contributed by atoms with Crippen molar-refractivity contribution in [3.8, 4) is 5.75 Å². The van der Waals surface area contributed by atoms with Crippen LogP contribution < -0.4 is 4.74 Å². The van der Waals surface area contributed by atoms with E-state index in [4.69, 9.17) is 14.2 Å². The molecule has 5 nitrogen and oxygen atoms in total. The fraction of sp³-hybridized carbons (Fsp3) is 0.222. The van der Waals surface area contributed by atoms with Gasteiger partial charge in [-0.25, -0.2) is 4.79 Å². The van der Waals surface area contributed by atoms with Crippen molar-refractivity contribution in [3.05, 3.63) is 63.6 Å². The molecule has 0 radical (unpaired) electrons. The molecule has 3 rings (SSSR count). The first kappa shape index (κ1) is 17.9. The quantitative estimate of drug-likeness (QED) is 0.499. The number of ether oxygens (including phenoxy) is 3. The molecule has 0 amide bonds. The van der Waals surface area contributed by atoms with Gasteiger partial charge in [-0.2, -0.15) is 0 Å². The van der Waals surface area contributed by atoms with E-state index in [9.17, 15) is 9.59 Å². The maximum Gasteiger partial charge on any atom is 0.339 e. The van der Waals surface area contributed by atoms with Crippen molar-refractivity contribution in [2.45, 2.75) is 10.4 Å². The third-order valence-electron chi connectivity index (χ3n) is 4.10. The van der Waals surface area contributed by atoms with Gasteiger partial charge in [0.2, 0.25) is 0 Å². The minimum Gasteiger partial charge on any atom is -0.497 e. The molecule has 0 fully saturated rings. The van der Waals surface area contributed by atoms with Crippen LogP contribution in [0.3, 0.4) is 0 Å². The summed E-state index contributed by atoms with van der Waals surface area (Å²) in [4.78, 5) is 25.1.